The van der Waals surface area contributed by atoms with Crippen LogP contribution in [0.15, 0.2) is 0 Å². The van der Waals surface area contributed by atoms with Crippen LogP contribution in [0.3, 0.4) is 0 Å². The van der Waals surface area contributed by atoms with Crippen molar-refractivity contribution >= 4 is 20.2 Å². The maximum atomic E-state index is 10.3. The van der Waals surface area contributed by atoms with E-state index in [1.54, 1.807) is 0 Å². The SMILES string of the molecule is O=S(=O)(O)CC(O)(CO)CS(=O)(=O)O. The Morgan fingerprint density at radius 2 is 1.21 bits per heavy atom. The molecule has 0 spiro atoms. The fraction of sp³-hybridized carbons (Fsp3) is 1.00. The Bertz CT molecular complexity index is 344. The molecule has 0 rings (SSSR count). The smallest absolute Gasteiger partial charge is 0.267 e. The number of hydrogen-bond acceptors (Lipinski definition) is 6. The van der Waals surface area contributed by atoms with Crippen molar-refractivity contribution in [1.29, 1.82) is 0 Å². The van der Waals surface area contributed by atoms with Gasteiger partial charge >= 0.3 is 0 Å². The van der Waals surface area contributed by atoms with Gasteiger partial charge in [0.2, 0.25) is 0 Å². The molecular formula is C4H10O8S2. The molecule has 0 fully saturated rings. The van der Waals surface area contributed by atoms with E-state index in [4.69, 9.17) is 19.3 Å². The van der Waals surface area contributed by atoms with Crippen LogP contribution < -0.4 is 0 Å². The Hall–Kier alpha value is -0.260. The number of aliphatic hydroxyl groups excluding tert-OH is 1. The largest absolute Gasteiger partial charge is 0.393 e. The van der Waals surface area contributed by atoms with E-state index in [0.717, 1.165) is 0 Å². The minimum Gasteiger partial charge on any atom is -0.393 e. The van der Waals surface area contributed by atoms with Crippen LogP contribution in [0.25, 0.3) is 0 Å². The lowest BCUT2D eigenvalue weighted by Gasteiger charge is -2.21. The Morgan fingerprint density at radius 1 is 0.929 bits per heavy atom. The van der Waals surface area contributed by atoms with Crippen molar-refractivity contribution < 1.29 is 36.2 Å². The summed E-state index contributed by atoms with van der Waals surface area (Å²) in [4.78, 5) is 0. The van der Waals surface area contributed by atoms with Gasteiger partial charge in [-0.1, -0.05) is 0 Å². The standard InChI is InChI=1S/C4H10O8S2/c5-1-4(6,2-13(7,8)9)3-14(10,11)12/h5-6H,1-3H2,(H,7,8,9)(H,10,11,12). The lowest BCUT2D eigenvalue weighted by atomic mass is 10.1. The van der Waals surface area contributed by atoms with Gasteiger partial charge in [0.1, 0.15) is 17.1 Å². The molecule has 0 saturated heterocycles. The summed E-state index contributed by atoms with van der Waals surface area (Å²) in [7, 11) is -9.30. The minimum absolute atomic E-state index is 1.23. The van der Waals surface area contributed by atoms with E-state index in [2.05, 4.69) is 0 Å². The van der Waals surface area contributed by atoms with E-state index in [9.17, 15) is 16.8 Å². The monoisotopic (exact) mass is 250 g/mol. The van der Waals surface area contributed by atoms with Crippen LogP contribution in [0.1, 0.15) is 0 Å². The molecule has 4 N–H and O–H groups in total. The highest BCUT2D eigenvalue weighted by atomic mass is 32.2. The Labute approximate surface area is 80.7 Å². The maximum Gasteiger partial charge on any atom is 0.267 e. The fourth-order valence-corrected chi connectivity index (χ4v) is 2.69. The molecule has 0 radical (unpaired) electrons. The van der Waals surface area contributed by atoms with Gasteiger partial charge in [-0.2, -0.15) is 16.8 Å². The molecule has 0 bridgehead atoms. The zero-order valence-corrected chi connectivity index (χ0v) is 8.49. The molecule has 8 nitrogen and oxygen atoms in total. The first kappa shape index (κ1) is 13.7. The second-order valence-electron chi connectivity index (χ2n) is 2.83. The zero-order chi connectivity index (χ0) is 11.6. The molecule has 0 atom stereocenters. The minimum atomic E-state index is -4.65. The second kappa shape index (κ2) is 4.08. The van der Waals surface area contributed by atoms with E-state index >= 15 is 0 Å². The molecule has 0 aliphatic carbocycles. The van der Waals surface area contributed by atoms with E-state index in [-0.39, 0.29) is 0 Å². The molecule has 0 amide bonds. The molecule has 0 unspecified atom stereocenters. The highest BCUT2D eigenvalue weighted by Gasteiger charge is 2.36. The van der Waals surface area contributed by atoms with Gasteiger partial charge < -0.3 is 10.2 Å². The number of rotatable bonds is 5. The predicted molar refractivity (Wildman–Crippen MR) is 44.9 cm³/mol. The van der Waals surface area contributed by atoms with Crippen molar-refractivity contribution in [3.8, 4) is 0 Å². The van der Waals surface area contributed by atoms with Crippen LogP contribution in [0.2, 0.25) is 0 Å². The Kier molecular flexibility index (Phi) is 4.01. The van der Waals surface area contributed by atoms with E-state index in [1.165, 1.54) is 0 Å². The molecule has 0 heterocycles. The van der Waals surface area contributed by atoms with Crippen molar-refractivity contribution in [3.05, 3.63) is 0 Å². The second-order valence-corrected chi connectivity index (χ2v) is 5.74. The summed E-state index contributed by atoms with van der Waals surface area (Å²) in [5, 5.41) is 17.7. The van der Waals surface area contributed by atoms with Gasteiger partial charge in [0, 0.05) is 0 Å². The fourth-order valence-electron chi connectivity index (χ4n) is 0.812. The number of hydrogen-bond donors (Lipinski definition) is 4. The average molecular weight is 250 g/mol. The van der Waals surface area contributed by atoms with Crippen LogP contribution in [0.5, 0.6) is 0 Å². The number of aliphatic hydroxyl groups is 2. The third-order valence-corrected chi connectivity index (χ3v) is 3.00. The molecule has 0 aliphatic heterocycles. The normalized spacial score (nSPS) is 14.3. The van der Waals surface area contributed by atoms with Gasteiger partial charge in [0.05, 0.1) is 6.61 Å². The topological polar surface area (TPSA) is 149 Å². The van der Waals surface area contributed by atoms with E-state index in [0.29, 0.717) is 0 Å². The lowest BCUT2D eigenvalue weighted by molar-refractivity contribution is 0.0217. The molecule has 0 aromatic carbocycles. The van der Waals surface area contributed by atoms with Crippen LogP contribution in [0.4, 0.5) is 0 Å². The quantitative estimate of drug-likeness (QED) is 0.391. The average Bonchev–Trinajstić information content (AvgIpc) is 1.78. The zero-order valence-electron chi connectivity index (χ0n) is 6.86. The highest BCUT2D eigenvalue weighted by molar-refractivity contribution is 7.86. The van der Waals surface area contributed by atoms with Crippen LogP contribution >= 0.6 is 0 Å². The molecule has 0 aliphatic rings. The van der Waals surface area contributed by atoms with Crippen LogP contribution in [-0.2, 0) is 20.2 Å². The first-order valence-electron chi connectivity index (χ1n) is 3.21. The van der Waals surface area contributed by atoms with Crippen molar-refractivity contribution in [2.75, 3.05) is 18.1 Å². The van der Waals surface area contributed by atoms with Gasteiger partial charge in [0.15, 0.2) is 0 Å². The molecular weight excluding hydrogens is 240 g/mol. The van der Waals surface area contributed by atoms with E-state index < -0.39 is 43.9 Å². The summed E-state index contributed by atoms with van der Waals surface area (Å²) in [6, 6.07) is 0. The summed E-state index contributed by atoms with van der Waals surface area (Å²) >= 11 is 0. The van der Waals surface area contributed by atoms with Gasteiger partial charge in [-0.05, 0) is 0 Å². The van der Waals surface area contributed by atoms with Gasteiger partial charge in [-0.15, -0.1) is 0 Å². The summed E-state index contributed by atoms with van der Waals surface area (Å²) in [6.45, 7) is -1.23. The Balaban J connectivity index is 4.84. The highest BCUT2D eigenvalue weighted by Crippen LogP contribution is 2.09. The summed E-state index contributed by atoms with van der Waals surface area (Å²) in [6.07, 6.45) is 0. The molecule has 0 aromatic rings. The van der Waals surface area contributed by atoms with Crippen LogP contribution in [0, 0.1) is 0 Å². The molecule has 14 heavy (non-hydrogen) atoms. The predicted octanol–water partition coefficient (Wildman–Crippen LogP) is -2.51. The lowest BCUT2D eigenvalue weighted by Crippen LogP contribution is -2.46. The summed E-state index contributed by atoms with van der Waals surface area (Å²) < 4.78 is 57.8. The third-order valence-electron chi connectivity index (χ3n) is 1.20. The molecule has 0 saturated carbocycles. The van der Waals surface area contributed by atoms with Crippen molar-refractivity contribution in [2.24, 2.45) is 0 Å². The first-order chi connectivity index (χ1) is 5.97. The van der Waals surface area contributed by atoms with Gasteiger partial charge in [-0.3, -0.25) is 9.11 Å². The van der Waals surface area contributed by atoms with Gasteiger partial charge in [-0.25, -0.2) is 0 Å². The molecule has 0 aromatic heterocycles. The van der Waals surface area contributed by atoms with Gasteiger partial charge in [0.25, 0.3) is 20.2 Å². The van der Waals surface area contributed by atoms with Crippen molar-refractivity contribution in [2.45, 2.75) is 5.60 Å². The first-order valence-corrected chi connectivity index (χ1v) is 6.43. The summed E-state index contributed by atoms with van der Waals surface area (Å²) in [5.41, 5.74) is -2.61. The van der Waals surface area contributed by atoms with Crippen LogP contribution in [-0.4, -0.2) is 59.9 Å². The maximum absolute atomic E-state index is 10.3. The van der Waals surface area contributed by atoms with Crippen molar-refractivity contribution in [1.82, 2.24) is 0 Å². The Morgan fingerprint density at radius 3 is 1.36 bits per heavy atom. The van der Waals surface area contributed by atoms with E-state index in [1.807, 2.05) is 0 Å². The molecule has 10 heteroatoms. The summed E-state index contributed by atoms with van der Waals surface area (Å²) in [5.74, 6) is -2.76. The third kappa shape index (κ3) is 6.23. The van der Waals surface area contributed by atoms with Crippen molar-refractivity contribution in [3.63, 3.8) is 0 Å². The molecule has 86 valence electrons.